The average molecular weight is 293 g/mol. The largest absolute Gasteiger partial charge is 0.493 e. The number of aromatic nitrogens is 1. The van der Waals surface area contributed by atoms with Crippen LogP contribution in [-0.4, -0.2) is 23.3 Å². The highest BCUT2D eigenvalue weighted by Crippen LogP contribution is 2.13. The lowest BCUT2D eigenvalue weighted by atomic mass is 10.2. The summed E-state index contributed by atoms with van der Waals surface area (Å²) in [5, 5.41) is 2.75. The smallest absolute Gasteiger partial charge is 0.275 e. The first-order valence-electron chi connectivity index (χ1n) is 7.00. The van der Waals surface area contributed by atoms with Gasteiger partial charge in [0.25, 0.3) is 5.91 Å². The fourth-order valence-corrected chi connectivity index (χ4v) is 2.04. The lowest BCUT2D eigenvalue weighted by molar-refractivity contribution is -0.115. The summed E-state index contributed by atoms with van der Waals surface area (Å²) in [6.45, 7) is 0.462. The number of rotatable bonds is 5. The van der Waals surface area contributed by atoms with Crippen molar-refractivity contribution in [3.8, 4) is 5.75 Å². The zero-order valence-corrected chi connectivity index (χ0v) is 11.9. The fourth-order valence-electron chi connectivity index (χ4n) is 2.04. The molecule has 110 valence electrons. The van der Waals surface area contributed by atoms with Crippen molar-refractivity contribution >= 4 is 17.8 Å². The molecule has 0 atom stereocenters. The van der Waals surface area contributed by atoms with Crippen molar-refractivity contribution in [3.63, 3.8) is 0 Å². The van der Waals surface area contributed by atoms with Crippen LogP contribution in [0.5, 0.6) is 5.75 Å². The van der Waals surface area contributed by atoms with Crippen LogP contribution in [0.1, 0.15) is 12.0 Å². The Morgan fingerprint density at radius 2 is 2.00 bits per heavy atom. The van der Waals surface area contributed by atoms with E-state index in [1.54, 1.807) is 18.5 Å². The molecule has 22 heavy (non-hydrogen) atoms. The Morgan fingerprint density at radius 1 is 1.14 bits per heavy atom. The first kappa shape index (κ1) is 14.0. The SMILES string of the molecule is O=C1NC(CCOc2ccccc2)=N/C1=C/c1cccnc1. The molecule has 5 nitrogen and oxygen atoms in total. The standard InChI is InChI=1S/C17H15N3O2/c21-17-15(11-13-5-4-9-18-12-13)19-16(20-17)8-10-22-14-6-2-1-3-7-14/h1-7,9,11-12H,8,10H2,(H,19,20,21)/b15-11+. The zero-order chi connectivity index (χ0) is 15.2. The number of amides is 1. The van der Waals surface area contributed by atoms with Crippen LogP contribution in [0, 0.1) is 0 Å². The summed E-state index contributed by atoms with van der Waals surface area (Å²) < 4.78 is 5.60. The molecular weight excluding hydrogens is 278 g/mol. The molecule has 1 aliphatic rings. The number of nitrogens with zero attached hydrogens (tertiary/aromatic N) is 2. The van der Waals surface area contributed by atoms with Gasteiger partial charge in [-0.15, -0.1) is 0 Å². The maximum Gasteiger partial charge on any atom is 0.275 e. The van der Waals surface area contributed by atoms with Gasteiger partial charge < -0.3 is 10.1 Å². The highest BCUT2D eigenvalue weighted by atomic mass is 16.5. The number of carbonyl (C=O) groups is 1. The van der Waals surface area contributed by atoms with Crippen LogP contribution in [0.4, 0.5) is 0 Å². The molecule has 0 unspecified atom stereocenters. The summed E-state index contributed by atoms with van der Waals surface area (Å²) in [5.74, 6) is 1.23. The Morgan fingerprint density at radius 3 is 2.77 bits per heavy atom. The molecule has 0 aliphatic carbocycles. The first-order valence-corrected chi connectivity index (χ1v) is 7.00. The minimum Gasteiger partial charge on any atom is -0.493 e. The average Bonchev–Trinajstić information content (AvgIpc) is 2.89. The molecule has 0 radical (unpaired) electrons. The van der Waals surface area contributed by atoms with Crippen LogP contribution < -0.4 is 10.1 Å². The summed E-state index contributed by atoms with van der Waals surface area (Å²) in [6, 6.07) is 13.2. The van der Waals surface area contributed by atoms with E-state index in [9.17, 15) is 4.79 Å². The predicted molar refractivity (Wildman–Crippen MR) is 84.3 cm³/mol. The fraction of sp³-hybridized carbons (Fsp3) is 0.118. The molecule has 0 fully saturated rings. The molecule has 1 N–H and O–H groups in total. The lowest BCUT2D eigenvalue weighted by Gasteiger charge is -2.05. The van der Waals surface area contributed by atoms with Crippen LogP contribution in [0.25, 0.3) is 6.08 Å². The van der Waals surface area contributed by atoms with Gasteiger partial charge in [-0.1, -0.05) is 24.3 Å². The molecule has 0 bridgehead atoms. The van der Waals surface area contributed by atoms with Crippen LogP contribution in [0.15, 0.2) is 65.5 Å². The van der Waals surface area contributed by atoms with Gasteiger partial charge in [-0.05, 0) is 29.8 Å². The molecule has 1 aliphatic heterocycles. The Hall–Kier alpha value is -2.95. The number of carbonyl (C=O) groups excluding carboxylic acids is 1. The number of nitrogens with one attached hydrogen (secondary N) is 1. The normalized spacial score (nSPS) is 15.5. The van der Waals surface area contributed by atoms with Crippen molar-refractivity contribution in [3.05, 3.63) is 66.1 Å². The topological polar surface area (TPSA) is 63.6 Å². The van der Waals surface area contributed by atoms with Crippen molar-refractivity contribution in [2.45, 2.75) is 6.42 Å². The number of hydrogen-bond acceptors (Lipinski definition) is 4. The van der Waals surface area contributed by atoms with E-state index in [-0.39, 0.29) is 5.91 Å². The maximum atomic E-state index is 11.9. The van der Waals surface area contributed by atoms with Gasteiger partial charge in [-0.2, -0.15) is 0 Å². The van der Waals surface area contributed by atoms with Crippen LogP contribution in [0.3, 0.4) is 0 Å². The summed E-state index contributed by atoms with van der Waals surface area (Å²) in [7, 11) is 0. The molecule has 1 amide bonds. The van der Waals surface area contributed by atoms with E-state index < -0.39 is 0 Å². The van der Waals surface area contributed by atoms with E-state index in [2.05, 4.69) is 15.3 Å². The number of para-hydroxylation sites is 1. The van der Waals surface area contributed by atoms with Crippen LogP contribution in [0.2, 0.25) is 0 Å². The first-order chi connectivity index (χ1) is 10.8. The Bertz CT molecular complexity index is 709. The Balaban J connectivity index is 1.60. The number of ether oxygens (including phenoxy) is 1. The molecule has 0 saturated carbocycles. The zero-order valence-electron chi connectivity index (χ0n) is 11.9. The summed E-state index contributed by atoms with van der Waals surface area (Å²) in [6.07, 6.45) is 5.64. The maximum absolute atomic E-state index is 11.9. The molecule has 0 saturated heterocycles. The summed E-state index contributed by atoms with van der Waals surface area (Å²) in [5.41, 5.74) is 1.24. The van der Waals surface area contributed by atoms with E-state index >= 15 is 0 Å². The number of hydrogen-bond donors (Lipinski definition) is 1. The van der Waals surface area contributed by atoms with Gasteiger partial charge >= 0.3 is 0 Å². The number of amidine groups is 1. The highest BCUT2D eigenvalue weighted by molar-refractivity contribution is 6.14. The third kappa shape index (κ3) is 3.58. The number of pyridine rings is 1. The third-order valence-corrected chi connectivity index (χ3v) is 3.08. The molecule has 2 aromatic rings. The van der Waals surface area contributed by atoms with Crippen molar-refractivity contribution in [2.75, 3.05) is 6.61 Å². The summed E-state index contributed by atoms with van der Waals surface area (Å²) >= 11 is 0. The van der Waals surface area contributed by atoms with E-state index in [1.165, 1.54) is 0 Å². The number of benzene rings is 1. The highest BCUT2D eigenvalue weighted by Gasteiger charge is 2.19. The van der Waals surface area contributed by atoms with E-state index in [0.717, 1.165) is 11.3 Å². The minimum absolute atomic E-state index is 0.196. The van der Waals surface area contributed by atoms with Gasteiger partial charge in [0.2, 0.25) is 0 Å². The molecular formula is C17H15N3O2. The van der Waals surface area contributed by atoms with Crippen molar-refractivity contribution in [1.29, 1.82) is 0 Å². The lowest BCUT2D eigenvalue weighted by Crippen LogP contribution is -2.25. The second kappa shape index (κ2) is 6.67. The summed E-state index contributed by atoms with van der Waals surface area (Å²) in [4.78, 5) is 20.2. The molecule has 1 aromatic carbocycles. The van der Waals surface area contributed by atoms with E-state index in [4.69, 9.17) is 4.74 Å². The van der Waals surface area contributed by atoms with Gasteiger partial charge in [0.05, 0.1) is 6.61 Å². The van der Waals surface area contributed by atoms with E-state index in [0.29, 0.717) is 24.6 Å². The van der Waals surface area contributed by atoms with Gasteiger partial charge in [0.15, 0.2) is 0 Å². The molecule has 3 rings (SSSR count). The Kier molecular flexibility index (Phi) is 4.25. The monoisotopic (exact) mass is 293 g/mol. The Labute approximate surface area is 128 Å². The van der Waals surface area contributed by atoms with E-state index in [1.807, 2.05) is 42.5 Å². The van der Waals surface area contributed by atoms with Gasteiger partial charge in [-0.3, -0.25) is 9.78 Å². The van der Waals surface area contributed by atoms with Crippen LogP contribution in [-0.2, 0) is 4.79 Å². The minimum atomic E-state index is -0.196. The molecule has 2 heterocycles. The van der Waals surface area contributed by atoms with Crippen molar-refractivity contribution in [1.82, 2.24) is 10.3 Å². The van der Waals surface area contributed by atoms with Crippen molar-refractivity contribution < 1.29 is 9.53 Å². The van der Waals surface area contributed by atoms with Gasteiger partial charge in [0, 0.05) is 18.8 Å². The number of aliphatic imine (C=N–C) groups is 1. The molecule has 5 heteroatoms. The molecule has 1 aromatic heterocycles. The van der Waals surface area contributed by atoms with Gasteiger partial charge in [-0.25, -0.2) is 4.99 Å². The van der Waals surface area contributed by atoms with Crippen molar-refractivity contribution in [2.24, 2.45) is 4.99 Å². The van der Waals surface area contributed by atoms with Crippen LogP contribution >= 0.6 is 0 Å². The second-order valence-corrected chi connectivity index (χ2v) is 4.74. The van der Waals surface area contributed by atoms with Gasteiger partial charge in [0.1, 0.15) is 17.3 Å². The third-order valence-electron chi connectivity index (χ3n) is 3.08. The quantitative estimate of drug-likeness (QED) is 0.861. The molecule has 0 spiro atoms. The predicted octanol–water partition coefficient (Wildman–Crippen LogP) is 2.42. The second-order valence-electron chi connectivity index (χ2n) is 4.74.